The van der Waals surface area contributed by atoms with Gasteiger partial charge in [0, 0.05) is 0 Å². The van der Waals surface area contributed by atoms with E-state index in [4.69, 9.17) is 5.26 Å². The Bertz CT molecular complexity index is 162. The van der Waals surface area contributed by atoms with E-state index in [0.717, 1.165) is 0 Å². The predicted octanol–water partition coefficient (Wildman–Crippen LogP) is 0.837. The second-order valence-corrected chi connectivity index (χ2v) is 2.54. The van der Waals surface area contributed by atoms with Crippen molar-refractivity contribution in [3.05, 3.63) is 12.7 Å². The quantitative estimate of drug-likeness (QED) is 0.525. The second-order valence-electron chi connectivity index (χ2n) is 2.54. The molecule has 2 heteroatoms. The molecular weight excluding hydrogens is 114 g/mol. The molecule has 9 heavy (non-hydrogen) atoms. The minimum absolute atomic E-state index is 0.0491. The average molecular weight is 123 g/mol. The van der Waals surface area contributed by atoms with E-state index >= 15 is 0 Å². The van der Waals surface area contributed by atoms with Gasteiger partial charge >= 0.3 is 0 Å². The minimum atomic E-state index is -0.722. The highest BCUT2D eigenvalue weighted by Crippen LogP contribution is 2.37. The van der Waals surface area contributed by atoms with Crippen LogP contribution in [0.15, 0.2) is 12.7 Å². The zero-order chi connectivity index (χ0) is 6.91. The van der Waals surface area contributed by atoms with E-state index in [2.05, 4.69) is 12.6 Å². The predicted molar refractivity (Wildman–Crippen MR) is 33.5 cm³/mol. The van der Waals surface area contributed by atoms with Crippen molar-refractivity contribution in [1.82, 2.24) is 0 Å². The number of hydrogen-bond donors (Lipinski definition) is 1. The lowest BCUT2D eigenvalue weighted by molar-refractivity contribution is -0.0113. The molecule has 0 amide bonds. The Labute approximate surface area is 54.4 Å². The lowest BCUT2D eigenvalue weighted by Gasteiger charge is -2.37. The maximum atomic E-state index is 9.25. The van der Waals surface area contributed by atoms with Crippen molar-refractivity contribution in [2.75, 3.05) is 0 Å². The fourth-order valence-electron chi connectivity index (χ4n) is 1.05. The van der Waals surface area contributed by atoms with Crippen LogP contribution in [0.3, 0.4) is 0 Å². The second kappa shape index (κ2) is 1.85. The summed E-state index contributed by atoms with van der Waals surface area (Å²) in [6.07, 6.45) is 2.64. The monoisotopic (exact) mass is 123 g/mol. The van der Waals surface area contributed by atoms with Crippen LogP contribution in [0.25, 0.3) is 0 Å². The van der Waals surface area contributed by atoms with Crippen molar-refractivity contribution in [3.63, 3.8) is 0 Å². The van der Waals surface area contributed by atoms with Gasteiger partial charge in [-0.2, -0.15) is 5.26 Å². The zero-order valence-corrected chi connectivity index (χ0v) is 5.17. The summed E-state index contributed by atoms with van der Waals surface area (Å²) < 4.78 is 0. The number of rotatable bonds is 1. The number of nitrogens with zero attached hydrogens (tertiary/aromatic N) is 1. The molecule has 0 bridgehead atoms. The zero-order valence-electron chi connectivity index (χ0n) is 5.17. The summed E-state index contributed by atoms with van der Waals surface area (Å²) >= 11 is 0. The molecule has 0 atom stereocenters. The highest BCUT2D eigenvalue weighted by molar-refractivity contribution is 5.11. The average Bonchev–Trinajstić information content (AvgIpc) is 1.81. The van der Waals surface area contributed by atoms with Gasteiger partial charge in [-0.25, -0.2) is 0 Å². The van der Waals surface area contributed by atoms with Crippen molar-refractivity contribution < 1.29 is 5.11 Å². The number of aliphatic hydroxyl groups is 1. The van der Waals surface area contributed by atoms with Crippen LogP contribution in [0, 0.1) is 17.2 Å². The molecule has 0 aromatic rings. The van der Waals surface area contributed by atoms with Crippen molar-refractivity contribution in [2.24, 2.45) is 5.92 Å². The van der Waals surface area contributed by atoms with Gasteiger partial charge in [-0.15, -0.1) is 6.58 Å². The first-order valence-corrected chi connectivity index (χ1v) is 2.96. The lowest BCUT2D eigenvalue weighted by atomic mass is 9.72. The maximum absolute atomic E-state index is 9.25. The Balaban J connectivity index is 2.43. The molecule has 0 heterocycles. The Morgan fingerprint density at radius 3 is 2.67 bits per heavy atom. The van der Waals surface area contributed by atoms with E-state index < -0.39 is 5.60 Å². The molecule has 1 aliphatic rings. The van der Waals surface area contributed by atoms with Crippen LogP contribution in [0.5, 0.6) is 0 Å². The third-order valence-corrected chi connectivity index (χ3v) is 1.76. The van der Waals surface area contributed by atoms with Crippen LogP contribution in [0.2, 0.25) is 0 Å². The fourth-order valence-corrected chi connectivity index (χ4v) is 1.05. The van der Waals surface area contributed by atoms with E-state index in [1.54, 1.807) is 0 Å². The van der Waals surface area contributed by atoms with E-state index in [1.807, 2.05) is 0 Å². The summed E-state index contributed by atoms with van der Waals surface area (Å²) in [5.41, 5.74) is -0.722. The van der Waals surface area contributed by atoms with Gasteiger partial charge in [0.1, 0.15) is 0 Å². The van der Waals surface area contributed by atoms with Gasteiger partial charge in [0.05, 0.1) is 17.6 Å². The summed E-state index contributed by atoms with van der Waals surface area (Å²) in [7, 11) is 0. The molecule has 1 fully saturated rings. The summed E-state index contributed by atoms with van der Waals surface area (Å²) in [5.74, 6) is 0.0491. The first-order valence-electron chi connectivity index (χ1n) is 2.96. The topological polar surface area (TPSA) is 44.0 Å². The standard InChI is InChI=1S/C7H9NO/c1-2-7(9)3-6(4-7)5-8/h2,6,9H,1,3-4H2. The van der Waals surface area contributed by atoms with Crippen LogP contribution in [-0.2, 0) is 0 Å². The normalized spacial score (nSPS) is 40.7. The van der Waals surface area contributed by atoms with Gasteiger partial charge in [0.15, 0.2) is 0 Å². The molecule has 1 N–H and O–H groups in total. The molecule has 0 saturated heterocycles. The molecule has 0 unspecified atom stereocenters. The SMILES string of the molecule is C=CC1(O)CC(C#N)C1. The highest BCUT2D eigenvalue weighted by atomic mass is 16.3. The first-order chi connectivity index (χ1) is 4.20. The highest BCUT2D eigenvalue weighted by Gasteiger charge is 2.39. The summed E-state index contributed by atoms with van der Waals surface area (Å²) in [6.45, 7) is 3.46. The molecule has 0 aromatic heterocycles. The van der Waals surface area contributed by atoms with Crippen LogP contribution in [0.1, 0.15) is 12.8 Å². The Kier molecular flexibility index (Phi) is 1.30. The largest absolute Gasteiger partial charge is 0.386 e. The fraction of sp³-hybridized carbons (Fsp3) is 0.571. The van der Waals surface area contributed by atoms with Crippen molar-refractivity contribution in [2.45, 2.75) is 18.4 Å². The van der Waals surface area contributed by atoms with Crippen molar-refractivity contribution in [3.8, 4) is 6.07 Å². The molecule has 48 valence electrons. The van der Waals surface area contributed by atoms with Crippen LogP contribution in [0.4, 0.5) is 0 Å². The van der Waals surface area contributed by atoms with E-state index in [1.165, 1.54) is 6.08 Å². The molecule has 0 spiro atoms. The van der Waals surface area contributed by atoms with Gasteiger partial charge in [0.2, 0.25) is 0 Å². The summed E-state index contributed by atoms with van der Waals surface area (Å²) in [6, 6.07) is 2.08. The number of nitriles is 1. The maximum Gasteiger partial charge on any atom is 0.0850 e. The van der Waals surface area contributed by atoms with Crippen molar-refractivity contribution in [1.29, 1.82) is 5.26 Å². The molecular formula is C7H9NO. The lowest BCUT2D eigenvalue weighted by Crippen LogP contribution is -2.40. The Hall–Kier alpha value is -0.810. The van der Waals surface area contributed by atoms with Gasteiger partial charge in [-0.1, -0.05) is 6.08 Å². The third-order valence-electron chi connectivity index (χ3n) is 1.76. The van der Waals surface area contributed by atoms with Gasteiger partial charge < -0.3 is 5.11 Å². The molecule has 0 radical (unpaired) electrons. The summed E-state index contributed by atoms with van der Waals surface area (Å²) in [5, 5.41) is 17.6. The number of hydrogen-bond acceptors (Lipinski definition) is 2. The van der Waals surface area contributed by atoms with Crippen LogP contribution >= 0.6 is 0 Å². The van der Waals surface area contributed by atoms with Crippen molar-refractivity contribution >= 4 is 0 Å². The summed E-state index contributed by atoms with van der Waals surface area (Å²) in [4.78, 5) is 0. The minimum Gasteiger partial charge on any atom is -0.386 e. The molecule has 0 aliphatic heterocycles. The van der Waals surface area contributed by atoms with Gasteiger partial charge in [0.25, 0.3) is 0 Å². The molecule has 0 aromatic carbocycles. The molecule has 1 aliphatic carbocycles. The van der Waals surface area contributed by atoms with E-state index in [0.29, 0.717) is 12.8 Å². The van der Waals surface area contributed by atoms with E-state index in [-0.39, 0.29) is 5.92 Å². The van der Waals surface area contributed by atoms with Crippen LogP contribution in [-0.4, -0.2) is 10.7 Å². The Morgan fingerprint density at radius 2 is 2.33 bits per heavy atom. The third kappa shape index (κ3) is 0.962. The van der Waals surface area contributed by atoms with Crippen LogP contribution < -0.4 is 0 Å². The first kappa shape index (κ1) is 6.31. The van der Waals surface area contributed by atoms with E-state index in [9.17, 15) is 5.11 Å². The van der Waals surface area contributed by atoms with Gasteiger partial charge in [-0.3, -0.25) is 0 Å². The molecule has 2 nitrogen and oxygen atoms in total. The smallest absolute Gasteiger partial charge is 0.0850 e. The van der Waals surface area contributed by atoms with Gasteiger partial charge in [-0.05, 0) is 12.8 Å². The molecule has 1 rings (SSSR count). The Morgan fingerprint density at radius 1 is 1.78 bits per heavy atom. The molecule has 1 saturated carbocycles.